The molecule has 3 nitrogen and oxygen atoms in total. The summed E-state index contributed by atoms with van der Waals surface area (Å²) in [4.78, 5) is 7.46. The maximum absolute atomic E-state index is 4.29. The fourth-order valence-electron chi connectivity index (χ4n) is 1.71. The van der Waals surface area contributed by atoms with Crippen molar-refractivity contribution in [1.82, 2.24) is 15.3 Å². The normalized spacial score (nSPS) is 15.1. The maximum Gasteiger partial charge on any atom is 0.107 e. The van der Waals surface area contributed by atoms with E-state index in [0.717, 1.165) is 18.8 Å². The Morgan fingerprint density at radius 1 is 1.47 bits per heavy atom. The highest BCUT2D eigenvalue weighted by atomic mass is 14.9. The minimum atomic E-state index is 0.543. The van der Waals surface area contributed by atoms with Gasteiger partial charge in [-0.3, -0.25) is 0 Å². The molecule has 1 aromatic heterocycles. The van der Waals surface area contributed by atoms with Gasteiger partial charge in [0.2, 0.25) is 0 Å². The van der Waals surface area contributed by atoms with Crippen molar-refractivity contribution in [3.63, 3.8) is 0 Å². The molecule has 0 saturated heterocycles. The van der Waals surface area contributed by atoms with Crippen LogP contribution < -0.4 is 5.32 Å². The highest BCUT2D eigenvalue weighted by Gasteiger charge is 2.16. The molecule has 2 N–H and O–H groups in total. The predicted molar refractivity (Wildman–Crippen MR) is 63.8 cm³/mol. The number of rotatable bonds is 7. The molecule has 0 radical (unpaired) electrons. The Hall–Kier alpha value is -0.830. The first-order valence-electron chi connectivity index (χ1n) is 5.99. The van der Waals surface area contributed by atoms with E-state index in [1.807, 2.05) is 12.4 Å². The average Bonchev–Trinajstić information content (AvgIpc) is 2.75. The van der Waals surface area contributed by atoms with E-state index >= 15 is 0 Å². The number of H-pyrrole nitrogens is 1. The lowest BCUT2D eigenvalue weighted by molar-refractivity contribution is 0.361. The molecule has 0 aliphatic rings. The van der Waals surface area contributed by atoms with Crippen LogP contribution >= 0.6 is 0 Å². The van der Waals surface area contributed by atoms with Crippen molar-refractivity contribution in [1.29, 1.82) is 0 Å². The van der Waals surface area contributed by atoms with Crippen molar-refractivity contribution in [2.45, 2.75) is 46.1 Å². The number of hydrogen-bond acceptors (Lipinski definition) is 2. The Labute approximate surface area is 92.7 Å². The smallest absolute Gasteiger partial charge is 0.107 e. The van der Waals surface area contributed by atoms with E-state index < -0.39 is 0 Å². The van der Waals surface area contributed by atoms with Gasteiger partial charge in [0.15, 0.2) is 0 Å². The molecule has 1 rings (SSSR count). The summed E-state index contributed by atoms with van der Waals surface area (Å²) in [6.07, 6.45) is 7.11. The van der Waals surface area contributed by atoms with Crippen LogP contribution in [0.4, 0.5) is 0 Å². The van der Waals surface area contributed by atoms with Gasteiger partial charge in [-0.05, 0) is 18.9 Å². The number of nitrogens with zero attached hydrogens (tertiary/aromatic N) is 1. The van der Waals surface area contributed by atoms with Gasteiger partial charge < -0.3 is 10.3 Å². The number of hydrogen-bond donors (Lipinski definition) is 2. The second-order valence-electron chi connectivity index (χ2n) is 4.19. The van der Waals surface area contributed by atoms with E-state index in [-0.39, 0.29) is 0 Å². The lowest BCUT2D eigenvalue weighted by atomic mass is 9.96. The van der Waals surface area contributed by atoms with Gasteiger partial charge in [0.05, 0.1) is 0 Å². The molecule has 1 heterocycles. The summed E-state index contributed by atoms with van der Waals surface area (Å²) in [7, 11) is 0. The fraction of sp³-hybridized carbons (Fsp3) is 0.750. The third kappa shape index (κ3) is 4.04. The average molecular weight is 209 g/mol. The molecule has 0 aromatic carbocycles. The molecule has 0 aliphatic heterocycles. The second kappa shape index (κ2) is 6.62. The van der Waals surface area contributed by atoms with Crippen LogP contribution in [-0.2, 0) is 6.42 Å². The lowest BCUT2D eigenvalue weighted by Crippen LogP contribution is -2.37. The highest BCUT2D eigenvalue weighted by molar-refractivity contribution is 4.92. The largest absolute Gasteiger partial charge is 0.349 e. The molecule has 0 bridgehead atoms. The molecule has 15 heavy (non-hydrogen) atoms. The van der Waals surface area contributed by atoms with Gasteiger partial charge >= 0.3 is 0 Å². The first-order valence-corrected chi connectivity index (χ1v) is 5.99. The zero-order valence-corrected chi connectivity index (χ0v) is 10.1. The predicted octanol–water partition coefficient (Wildman–Crippen LogP) is 2.37. The Morgan fingerprint density at radius 2 is 2.27 bits per heavy atom. The molecule has 2 atom stereocenters. The molecule has 0 spiro atoms. The first-order chi connectivity index (χ1) is 7.27. The lowest BCUT2D eigenvalue weighted by Gasteiger charge is -2.23. The highest BCUT2D eigenvalue weighted by Crippen LogP contribution is 2.11. The van der Waals surface area contributed by atoms with Crippen LogP contribution in [0.5, 0.6) is 0 Å². The van der Waals surface area contributed by atoms with Gasteiger partial charge in [0.25, 0.3) is 0 Å². The summed E-state index contributed by atoms with van der Waals surface area (Å²) >= 11 is 0. The van der Waals surface area contributed by atoms with Crippen LogP contribution in [0.3, 0.4) is 0 Å². The summed E-state index contributed by atoms with van der Waals surface area (Å²) in [6, 6.07) is 0.543. The molecule has 2 unspecified atom stereocenters. The minimum absolute atomic E-state index is 0.543. The second-order valence-corrected chi connectivity index (χ2v) is 4.19. The summed E-state index contributed by atoms with van der Waals surface area (Å²) < 4.78 is 0. The van der Waals surface area contributed by atoms with E-state index in [1.54, 1.807) is 0 Å². The van der Waals surface area contributed by atoms with Crippen LogP contribution in [0.15, 0.2) is 12.4 Å². The van der Waals surface area contributed by atoms with Gasteiger partial charge in [-0.1, -0.05) is 27.2 Å². The first kappa shape index (κ1) is 12.2. The third-order valence-corrected chi connectivity index (χ3v) is 2.96. The van der Waals surface area contributed by atoms with Gasteiger partial charge in [-0.2, -0.15) is 0 Å². The van der Waals surface area contributed by atoms with Crippen molar-refractivity contribution >= 4 is 0 Å². The van der Waals surface area contributed by atoms with E-state index in [0.29, 0.717) is 12.0 Å². The van der Waals surface area contributed by atoms with Gasteiger partial charge in [-0.25, -0.2) is 4.98 Å². The number of aromatic amines is 1. The summed E-state index contributed by atoms with van der Waals surface area (Å²) in [5, 5.41) is 3.60. The van der Waals surface area contributed by atoms with Gasteiger partial charge in [0.1, 0.15) is 5.82 Å². The van der Waals surface area contributed by atoms with Crippen LogP contribution in [0.1, 0.15) is 39.4 Å². The van der Waals surface area contributed by atoms with Crippen molar-refractivity contribution < 1.29 is 0 Å². The molecule has 0 saturated carbocycles. The standard InChI is InChI=1S/C12H23N3/c1-4-6-13-11(10(3)5-2)9-12-14-7-8-15-12/h7-8,10-11,13H,4-6,9H2,1-3H3,(H,14,15). The van der Waals surface area contributed by atoms with Crippen LogP contribution in [0, 0.1) is 5.92 Å². The van der Waals surface area contributed by atoms with E-state index in [4.69, 9.17) is 0 Å². The van der Waals surface area contributed by atoms with Crippen LogP contribution in [-0.4, -0.2) is 22.6 Å². The van der Waals surface area contributed by atoms with E-state index in [1.165, 1.54) is 12.8 Å². The van der Waals surface area contributed by atoms with E-state index in [9.17, 15) is 0 Å². The summed E-state index contributed by atoms with van der Waals surface area (Å²) in [5.74, 6) is 1.78. The topological polar surface area (TPSA) is 40.7 Å². The van der Waals surface area contributed by atoms with Gasteiger partial charge in [0, 0.05) is 24.9 Å². The molecule has 0 aliphatic carbocycles. The quantitative estimate of drug-likeness (QED) is 0.724. The van der Waals surface area contributed by atoms with Crippen molar-refractivity contribution in [2.75, 3.05) is 6.54 Å². The summed E-state index contributed by atoms with van der Waals surface area (Å²) in [6.45, 7) is 7.84. The molecule has 1 aromatic rings. The number of imidazole rings is 1. The maximum atomic E-state index is 4.29. The van der Waals surface area contributed by atoms with Crippen molar-refractivity contribution in [2.24, 2.45) is 5.92 Å². The fourth-order valence-corrected chi connectivity index (χ4v) is 1.71. The molecule has 0 fully saturated rings. The molecule has 0 amide bonds. The monoisotopic (exact) mass is 209 g/mol. The Kier molecular flexibility index (Phi) is 5.40. The minimum Gasteiger partial charge on any atom is -0.349 e. The Morgan fingerprint density at radius 3 is 2.80 bits per heavy atom. The third-order valence-electron chi connectivity index (χ3n) is 2.96. The Bertz CT molecular complexity index is 243. The van der Waals surface area contributed by atoms with E-state index in [2.05, 4.69) is 36.1 Å². The number of nitrogens with one attached hydrogen (secondary N) is 2. The Balaban J connectivity index is 2.48. The molecular formula is C12H23N3. The number of aromatic nitrogens is 2. The zero-order chi connectivity index (χ0) is 11.1. The van der Waals surface area contributed by atoms with Crippen LogP contribution in [0.2, 0.25) is 0 Å². The van der Waals surface area contributed by atoms with Crippen LogP contribution in [0.25, 0.3) is 0 Å². The molecular weight excluding hydrogens is 186 g/mol. The van der Waals surface area contributed by atoms with Crippen molar-refractivity contribution in [3.05, 3.63) is 18.2 Å². The van der Waals surface area contributed by atoms with Gasteiger partial charge in [-0.15, -0.1) is 0 Å². The SMILES string of the molecule is CCCNC(Cc1ncc[nH]1)C(C)CC. The molecule has 86 valence electrons. The summed E-state index contributed by atoms with van der Waals surface area (Å²) in [5.41, 5.74) is 0. The molecule has 3 heteroatoms. The zero-order valence-electron chi connectivity index (χ0n) is 10.1. The van der Waals surface area contributed by atoms with Crippen molar-refractivity contribution in [3.8, 4) is 0 Å².